The Labute approximate surface area is 192 Å². The highest BCUT2D eigenvalue weighted by molar-refractivity contribution is 6.06. The largest absolute Gasteiger partial charge is 0.480 e. The number of carbonyl (C=O) groups excluding carboxylic acids is 4. The van der Waals surface area contributed by atoms with Crippen molar-refractivity contribution in [3.05, 3.63) is 35.4 Å². The molecule has 0 radical (unpaired) electrons. The number of rotatable bonds is 9. The summed E-state index contributed by atoms with van der Waals surface area (Å²) in [6.07, 6.45) is -0.0798. The molecule has 2 N–H and O–H groups in total. The number of carboxylic acid groups (broad SMARTS) is 1. The van der Waals surface area contributed by atoms with Crippen molar-refractivity contribution in [1.29, 1.82) is 0 Å². The van der Waals surface area contributed by atoms with E-state index in [1.807, 2.05) is 0 Å². The summed E-state index contributed by atoms with van der Waals surface area (Å²) in [7, 11) is 0. The van der Waals surface area contributed by atoms with E-state index in [0.29, 0.717) is 19.4 Å². The lowest BCUT2D eigenvalue weighted by atomic mass is 10.1. The quantitative estimate of drug-likeness (QED) is 0.419. The topological polar surface area (TPSA) is 139 Å². The van der Waals surface area contributed by atoms with Gasteiger partial charge in [-0.3, -0.25) is 14.4 Å². The summed E-state index contributed by atoms with van der Waals surface area (Å²) in [5.74, 6) is -3.99. The van der Waals surface area contributed by atoms with Crippen LogP contribution in [0.5, 0.6) is 0 Å². The summed E-state index contributed by atoms with van der Waals surface area (Å²) in [6.45, 7) is 6.80. The lowest BCUT2D eigenvalue weighted by Crippen LogP contribution is -2.50. The van der Waals surface area contributed by atoms with E-state index in [9.17, 15) is 29.1 Å². The number of nitrogens with one attached hydrogen (secondary N) is 1. The Morgan fingerprint density at radius 3 is 2.30 bits per heavy atom. The maximum absolute atomic E-state index is 12.9. The van der Waals surface area contributed by atoms with Crippen LogP contribution in [0.25, 0.3) is 0 Å². The van der Waals surface area contributed by atoms with Crippen molar-refractivity contribution in [3.63, 3.8) is 0 Å². The standard InChI is InChI=1S/C23H30N2O8/c1-5-18(26)32-23(13(2)3)33-22(31)16-10-7-6-9-15(16)19(27)24-14(4)20(28)25-12-8-11-17(25)21(29)30/h6-7,9-10,13-14,17,23H,5,8,11-12H2,1-4H3,(H,24,27)(H,29,30)/t14-,17-,23?/m0/s1. The zero-order valence-corrected chi connectivity index (χ0v) is 19.2. The second-order valence-electron chi connectivity index (χ2n) is 8.13. The molecule has 1 aromatic carbocycles. The molecule has 1 aliphatic rings. The van der Waals surface area contributed by atoms with Gasteiger partial charge in [0.1, 0.15) is 12.1 Å². The fourth-order valence-corrected chi connectivity index (χ4v) is 3.41. The number of carboxylic acids is 1. The summed E-state index contributed by atoms with van der Waals surface area (Å²) in [6, 6.07) is 3.97. The molecule has 2 amide bonds. The van der Waals surface area contributed by atoms with E-state index in [-0.39, 0.29) is 23.5 Å². The molecule has 3 atom stereocenters. The third-order valence-corrected chi connectivity index (χ3v) is 5.23. The van der Waals surface area contributed by atoms with Gasteiger partial charge in [0, 0.05) is 18.9 Å². The average Bonchev–Trinajstić information content (AvgIpc) is 3.28. The monoisotopic (exact) mass is 462 g/mol. The minimum atomic E-state index is -1.12. The molecule has 1 unspecified atom stereocenters. The van der Waals surface area contributed by atoms with Crippen LogP contribution in [0, 0.1) is 5.92 Å². The molecule has 10 nitrogen and oxygen atoms in total. The molecule has 2 rings (SSSR count). The van der Waals surface area contributed by atoms with Crippen LogP contribution in [-0.4, -0.2) is 64.6 Å². The van der Waals surface area contributed by atoms with Crippen molar-refractivity contribution >= 4 is 29.7 Å². The van der Waals surface area contributed by atoms with Crippen LogP contribution in [0.1, 0.15) is 67.7 Å². The van der Waals surface area contributed by atoms with Crippen molar-refractivity contribution in [1.82, 2.24) is 10.2 Å². The van der Waals surface area contributed by atoms with Gasteiger partial charge >= 0.3 is 17.9 Å². The summed E-state index contributed by atoms with van der Waals surface area (Å²) >= 11 is 0. The van der Waals surface area contributed by atoms with Crippen molar-refractivity contribution in [2.24, 2.45) is 5.92 Å². The molecule has 180 valence electrons. The van der Waals surface area contributed by atoms with Gasteiger partial charge in [0.05, 0.1) is 11.1 Å². The first kappa shape index (κ1) is 25.8. The molecule has 0 bridgehead atoms. The average molecular weight is 462 g/mol. The lowest BCUT2D eigenvalue weighted by molar-refractivity contribution is -0.175. The minimum Gasteiger partial charge on any atom is -0.480 e. The molecule has 1 saturated heterocycles. The Morgan fingerprint density at radius 1 is 1.09 bits per heavy atom. The number of aliphatic carboxylic acids is 1. The van der Waals surface area contributed by atoms with E-state index >= 15 is 0 Å². The maximum Gasteiger partial charge on any atom is 0.342 e. The number of carbonyl (C=O) groups is 5. The van der Waals surface area contributed by atoms with Gasteiger partial charge in [0.25, 0.3) is 5.91 Å². The maximum atomic E-state index is 12.9. The van der Waals surface area contributed by atoms with Crippen molar-refractivity contribution in [2.75, 3.05) is 6.54 Å². The molecule has 0 aromatic heterocycles. The number of amides is 2. The van der Waals surface area contributed by atoms with E-state index in [4.69, 9.17) is 9.47 Å². The Hall–Kier alpha value is -3.43. The molecule has 1 heterocycles. The normalized spacial score (nSPS) is 17.2. The van der Waals surface area contributed by atoms with Crippen LogP contribution in [0.15, 0.2) is 24.3 Å². The Kier molecular flexibility index (Phi) is 8.95. The molecule has 1 aromatic rings. The molecule has 10 heteroatoms. The molecule has 0 spiro atoms. The summed E-state index contributed by atoms with van der Waals surface area (Å²) in [5.41, 5.74) is -0.0832. The van der Waals surface area contributed by atoms with Gasteiger partial charge in [-0.25, -0.2) is 9.59 Å². The zero-order chi connectivity index (χ0) is 24.7. The van der Waals surface area contributed by atoms with Crippen molar-refractivity contribution in [3.8, 4) is 0 Å². The Morgan fingerprint density at radius 2 is 1.73 bits per heavy atom. The first-order valence-electron chi connectivity index (χ1n) is 10.9. The second-order valence-corrected chi connectivity index (χ2v) is 8.13. The van der Waals surface area contributed by atoms with Crippen molar-refractivity contribution in [2.45, 2.75) is 65.3 Å². The summed E-state index contributed by atoms with van der Waals surface area (Å²) in [4.78, 5) is 62.6. The van der Waals surface area contributed by atoms with Gasteiger partial charge in [0.15, 0.2) is 0 Å². The van der Waals surface area contributed by atoms with Crippen LogP contribution in [0.2, 0.25) is 0 Å². The van der Waals surface area contributed by atoms with Gasteiger partial charge in [-0.1, -0.05) is 32.9 Å². The number of hydrogen-bond acceptors (Lipinski definition) is 7. The van der Waals surface area contributed by atoms with Crippen LogP contribution < -0.4 is 5.32 Å². The van der Waals surface area contributed by atoms with Gasteiger partial charge in [-0.15, -0.1) is 0 Å². The number of esters is 2. The Balaban J connectivity index is 2.14. The number of nitrogens with zero attached hydrogens (tertiary/aromatic N) is 1. The van der Waals surface area contributed by atoms with Gasteiger partial charge in [-0.05, 0) is 31.9 Å². The van der Waals surface area contributed by atoms with E-state index in [0.717, 1.165) is 0 Å². The zero-order valence-electron chi connectivity index (χ0n) is 19.2. The summed E-state index contributed by atoms with van der Waals surface area (Å²) < 4.78 is 10.5. The number of ether oxygens (including phenoxy) is 2. The number of hydrogen-bond donors (Lipinski definition) is 2. The smallest absolute Gasteiger partial charge is 0.342 e. The molecular weight excluding hydrogens is 432 g/mol. The van der Waals surface area contributed by atoms with Gasteiger partial charge < -0.3 is 24.8 Å². The van der Waals surface area contributed by atoms with Crippen LogP contribution in [0.3, 0.4) is 0 Å². The van der Waals surface area contributed by atoms with E-state index in [1.54, 1.807) is 32.9 Å². The predicted octanol–water partition coefficient (Wildman–Crippen LogP) is 1.97. The first-order chi connectivity index (χ1) is 15.6. The Bertz CT molecular complexity index is 913. The van der Waals surface area contributed by atoms with E-state index in [2.05, 4.69) is 5.32 Å². The molecule has 1 fully saturated rings. The predicted molar refractivity (Wildman–Crippen MR) is 116 cm³/mol. The third kappa shape index (κ3) is 6.53. The fraction of sp³-hybridized carbons (Fsp3) is 0.522. The molecule has 33 heavy (non-hydrogen) atoms. The van der Waals surface area contributed by atoms with Gasteiger partial charge in [0.2, 0.25) is 12.2 Å². The molecule has 0 aliphatic carbocycles. The second kappa shape index (κ2) is 11.4. The summed E-state index contributed by atoms with van der Waals surface area (Å²) in [5, 5.41) is 11.8. The number of benzene rings is 1. The lowest BCUT2D eigenvalue weighted by Gasteiger charge is -2.25. The van der Waals surface area contributed by atoms with Crippen LogP contribution in [0.4, 0.5) is 0 Å². The molecule has 0 saturated carbocycles. The molecular formula is C23H30N2O8. The van der Waals surface area contributed by atoms with E-state index < -0.39 is 48.1 Å². The highest BCUT2D eigenvalue weighted by Gasteiger charge is 2.36. The highest BCUT2D eigenvalue weighted by atomic mass is 16.7. The highest BCUT2D eigenvalue weighted by Crippen LogP contribution is 2.19. The molecule has 1 aliphatic heterocycles. The number of likely N-dealkylation sites (tertiary alicyclic amines) is 1. The SMILES string of the molecule is CCC(=O)OC(OC(=O)c1ccccc1C(=O)N[C@@H](C)C(=O)N1CCC[C@H]1C(=O)O)C(C)C. The minimum absolute atomic E-state index is 0.0253. The van der Waals surface area contributed by atoms with Crippen LogP contribution in [-0.2, 0) is 23.9 Å². The van der Waals surface area contributed by atoms with Gasteiger partial charge in [-0.2, -0.15) is 0 Å². The first-order valence-corrected chi connectivity index (χ1v) is 10.9. The van der Waals surface area contributed by atoms with Crippen LogP contribution >= 0.6 is 0 Å². The van der Waals surface area contributed by atoms with Crippen molar-refractivity contribution < 1.29 is 38.6 Å². The fourth-order valence-electron chi connectivity index (χ4n) is 3.41. The third-order valence-electron chi connectivity index (χ3n) is 5.23. The van der Waals surface area contributed by atoms with E-state index in [1.165, 1.54) is 24.0 Å².